The van der Waals surface area contributed by atoms with E-state index in [1.165, 1.54) is 51.6 Å². The maximum Gasteiger partial charge on any atom is 0.0471 e. The molecule has 15 heavy (non-hydrogen) atoms. The largest absolute Gasteiger partial charge is 0.381 e. The van der Waals surface area contributed by atoms with Gasteiger partial charge in [0.15, 0.2) is 0 Å². The molecule has 1 aliphatic rings. The SMILES string of the molecule is CCCCCCNCC1(C)CCOCC1. The lowest BCUT2D eigenvalue weighted by Crippen LogP contribution is -2.37. The van der Waals surface area contributed by atoms with Gasteiger partial charge in [0.05, 0.1) is 0 Å². The zero-order chi connectivity index (χ0) is 11.0. The van der Waals surface area contributed by atoms with Gasteiger partial charge in [-0.3, -0.25) is 0 Å². The van der Waals surface area contributed by atoms with Crippen LogP contribution in [0.4, 0.5) is 0 Å². The van der Waals surface area contributed by atoms with Crippen LogP contribution in [-0.2, 0) is 4.74 Å². The first kappa shape index (κ1) is 13.0. The highest BCUT2D eigenvalue weighted by Gasteiger charge is 2.26. The van der Waals surface area contributed by atoms with Crippen molar-refractivity contribution in [2.45, 2.75) is 52.4 Å². The fourth-order valence-corrected chi connectivity index (χ4v) is 2.11. The lowest BCUT2D eigenvalue weighted by Gasteiger charge is -2.33. The van der Waals surface area contributed by atoms with Crippen LogP contribution in [0.1, 0.15) is 52.4 Å². The fourth-order valence-electron chi connectivity index (χ4n) is 2.11. The molecule has 0 aromatic carbocycles. The highest BCUT2D eigenvalue weighted by molar-refractivity contribution is 4.79. The van der Waals surface area contributed by atoms with Gasteiger partial charge < -0.3 is 10.1 Å². The number of ether oxygens (including phenoxy) is 1. The quantitative estimate of drug-likeness (QED) is 0.656. The van der Waals surface area contributed by atoms with Crippen LogP contribution < -0.4 is 5.32 Å². The van der Waals surface area contributed by atoms with Crippen LogP contribution in [0.5, 0.6) is 0 Å². The Morgan fingerprint density at radius 1 is 1.13 bits per heavy atom. The van der Waals surface area contributed by atoms with Gasteiger partial charge in [0.2, 0.25) is 0 Å². The molecule has 1 rings (SSSR count). The maximum absolute atomic E-state index is 5.40. The Bertz CT molecular complexity index is 153. The van der Waals surface area contributed by atoms with E-state index in [9.17, 15) is 0 Å². The average molecular weight is 213 g/mol. The van der Waals surface area contributed by atoms with E-state index in [1.54, 1.807) is 0 Å². The highest BCUT2D eigenvalue weighted by Crippen LogP contribution is 2.28. The minimum absolute atomic E-state index is 0.489. The topological polar surface area (TPSA) is 21.3 Å². The number of rotatable bonds is 7. The molecule has 2 heteroatoms. The Hall–Kier alpha value is -0.0800. The van der Waals surface area contributed by atoms with Crippen LogP contribution in [0, 0.1) is 5.41 Å². The van der Waals surface area contributed by atoms with Crippen molar-refractivity contribution in [2.24, 2.45) is 5.41 Å². The first-order valence-corrected chi connectivity index (χ1v) is 6.55. The van der Waals surface area contributed by atoms with E-state index < -0.39 is 0 Å². The van der Waals surface area contributed by atoms with Gasteiger partial charge in [-0.2, -0.15) is 0 Å². The van der Waals surface area contributed by atoms with Crippen molar-refractivity contribution in [1.82, 2.24) is 5.32 Å². The van der Waals surface area contributed by atoms with Crippen molar-refractivity contribution in [1.29, 1.82) is 0 Å². The summed E-state index contributed by atoms with van der Waals surface area (Å²) in [7, 11) is 0. The summed E-state index contributed by atoms with van der Waals surface area (Å²) in [5, 5.41) is 3.60. The smallest absolute Gasteiger partial charge is 0.0471 e. The van der Waals surface area contributed by atoms with Crippen molar-refractivity contribution >= 4 is 0 Å². The van der Waals surface area contributed by atoms with Crippen LogP contribution in [0.15, 0.2) is 0 Å². The van der Waals surface area contributed by atoms with Crippen molar-refractivity contribution < 1.29 is 4.74 Å². The van der Waals surface area contributed by atoms with Gasteiger partial charge in [0, 0.05) is 19.8 Å². The van der Waals surface area contributed by atoms with Gasteiger partial charge in [0.25, 0.3) is 0 Å². The molecule has 1 fully saturated rings. The summed E-state index contributed by atoms with van der Waals surface area (Å²) in [6.45, 7) is 8.91. The minimum atomic E-state index is 0.489. The second-order valence-electron chi connectivity index (χ2n) is 5.16. The van der Waals surface area contributed by atoms with Crippen LogP contribution in [0.3, 0.4) is 0 Å². The molecule has 1 N–H and O–H groups in total. The summed E-state index contributed by atoms with van der Waals surface area (Å²) >= 11 is 0. The zero-order valence-electron chi connectivity index (χ0n) is 10.5. The lowest BCUT2D eigenvalue weighted by atomic mass is 9.82. The average Bonchev–Trinajstić information content (AvgIpc) is 2.24. The summed E-state index contributed by atoms with van der Waals surface area (Å²) in [6, 6.07) is 0. The molecule has 1 aliphatic heterocycles. The van der Waals surface area contributed by atoms with Crippen molar-refractivity contribution in [2.75, 3.05) is 26.3 Å². The van der Waals surface area contributed by atoms with Crippen molar-refractivity contribution in [3.8, 4) is 0 Å². The highest BCUT2D eigenvalue weighted by atomic mass is 16.5. The van der Waals surface area contributed by atoms with Crippen LogP contribution in [-0.4, -0.2) is 26.3 Å². The molecule has 0 bridgehead atoms. The second-order valence-corrected chi connectivity index (χ2v) is 5.16. The normalized spacial score (nSPS) is 20.4. The van der Waals surface area contributed by atoms with Gasteiger partial charge in [-0.15, -0.1) is 0 Å². The molecular weight excluding hydrogens is 186 g/mol. The summed E-state index contributed by atoms with van der Waals surface area (Å²) in [5.74, 6) is 0. The molecule has 1 saturated heterocycles. The molecule has 0 saturated carbocycles. The van der Waals surface area contributed by atoms with E-state index in [-0.39, 0.29) is 0 Å². The molecule has 90 valence electrons. The van der Waals surface area contributed by atoms with Gasteiger partial charge >= 0.3 is 0 Å². The molecule has 0 spiro atoms. The first-order chi connectivity index (χ1) is 7.27. The summed E-state index contributed by atoms with van der Waals surface area (Å²) in [6.07, 6.45) is 7.86. The molecule has 1 heterocycles. The third-order valence-corrected chi connectivity index (χ3v) is 3.46. The summed E-state index contributed by atoms with van der Waals surface area (Å²) in [4.78, 5) is 0. The molecule has 0 aromatic rings. The lowest BCUT2D eigenvalue weighted by molar-refractivity contribution is 0.0242. The molecule has 0 amide bonds. The number of hydrogen-bond donors (Lipinski definition) is 1. The van der Waals surface area contributed by atoms with E-state index in [0.717, 1.165) is 13.2 Å². The van der Waals surface area contributed by atoms with Crippen molar-refractivity contribution in [3.63, 3.8) is 0 Å². The Kier molecular flexibility index (Phi) is 6.26. The molecule has 0 aromatic heterocycles. The van der Waals surface area contributed by atoms with E-state index in [0.29, 0.717) is 5.41 Å². The molecule has 2 nitrogen and oxygen atoms in total. The maximum atomic E-state index is 5.40. The minimum Gasteiger partial charge on any atom is -0.381 e. The third-order valence-electron chi connectivity index (χ3n) is 3.46. The molecule has 0 radical (unpaired) electrons. The molecular formula is C13H27NO. The van der Waals surface area contributed by atoms with Crippen molar-refractivity contribution in [3.05, 3.63) is 0 Å². The summed E-state index contributed by atoms with van der Waals surface area (Å²) < 4.78 is 5.40. The predicted octanol–water partition coefficient (Wildman–Crippen LogP) is 2.97. The van der Waals surface area contributed by atoms with E-state index in [1.807, 2.05) is 0 Å². The monoisotopic (exact) mass is 213 g/mol. The molecule has 0 unspecified atom stereocenters. The number of hydrogen-bond acceptors (Lipinski definition) is 2. The van der Waals surface area contributed by atoms with E-state index in [4.69, 9.17) is 4.74 Å². The van der Waals surface area contributed by atoms with Crippen LogP contribution in [0.25, 0.3) is 0 Å². The Morgan fingerprint density at radius 2 is 1.87 bits per heavy atom. The Balaban J connectivity index is 1.98. The summed E-state index contributed by atoms with van der Waals surface area (Å²) in [5.41, 5.74) is 0.489. The van der Waals surface area contributed by atoms with Gasteiger partial charge in [-0.05, 0) is 31.2 Å². The van der Waals surface area contributed by atoms with E-state index in [2.05, 4.69) is 19.2 Å². The standard InChI is InChI=1S/C13H27NO/c1-3-4-5-6-9-14-12-13(2)7-10-15-11-8-13/h14H,3-12H2,1-2H3. The van der Waals surface area contributed by atoms with Crippen LogP contribution >= 0.6 is 0 Å². The Morgan fingerprint density at radius 3 is 2.53 bits per heavy atom. The first-order valence-electron chi connectivity index (χ1n) is 6.55. The second kappa shape index (κ2) is 7.24. The predicted molar refractivity (Wildman–Crippen MR) is 65.2 cm³/mol. The van der Waals surface area contributed by atoms with Crippen LogP contribution in [0.2, 0.25) is 0 Å². The molecule has 0 atom stereocenters. The number of unbranched alkanes of at least 4 members (excludes halogenated alkanes) is 3. The van der Waals surface area contributed by atoms with E-state index >= 15 is 0 Å². The van der Waals surface area contributed by atoms with Gasteiger partial charge in [-0.25, -0.2) is 0 Å². The molecule has 0 aliphatic carbocycles. The van der Waals surface area contributed by atoms with Gasteiger partial charge in [0.1, 0.15) is 0 Å². The number of nitrogens with one attached hydrogen (secondary N) is 1. The fraction of sp³-hybridized carbons (Fsp3) is 1.00. The third kappa shape index (κ3) is 5.53. The Labute approximate surface area is 94.8 Å². The zero-order valence-corrected chi connectivity index (χ0v) is 10.5. The van der Waals surface area contributed by atoms with Gasteiger partial charge in [-0.1, -0.05) is 33.1 Å².